The lowest BCUT2D eigenvalue weighted by molar-refractivity contribution is 0.175. The number of methoxy groups -OCH3 is 1. The van der Waals surface area contributed by atoms with Gasteiger partial charge in [-0.1, -0.05) is 13.8 Å². The van der Waals surface area contributed by atoms with Crippen LogP contribution >= 0.6 is 0 Å². The van der Waals surface area contributed by atoms with Crippen LogP contribution in [0, 0.1) is 5.92 Å². The molecule has 0 fully saturated rings. The van der Waals surface area contributed by atoms with E-state index in [4.69, 9.17) is 10.5 Å². The molecule has 0 bridgehead atoms. The Kier molecular flexibility index (Phi) is 7.23. The van der Waals surface area contributed by atoms with Crippen molar-refractivity contribution in [1.29, 1.82) is 0 Å². The second-order valence-electron chi connectivity index (χ2n) is 4.02. The molecule has 2 N–H and O–H groups in total. The summed E-state index contributed by atoms with van der Waals surface area (Å²) in [5.41, 5.74) is 5.95. The molecule has 0 aromatic heterocycles. The number of hydrogen-bond acceptors (Lipinski definition) is 3. The summed E-state index contributed by atoms with van der Waals surface area (Å²) in [6.45, 7) is 7.19. The molecule has 0 saturated heterocycles. The first-order valence-corrected chi connectivity index (χ1v) is 5.01. The average molecular weight is 188 g/mol. The van der Waals surface area contributed by atoms with Crippen molar-refractivity contribution in [2.24, 2.45) is 11.7 Å². The van der Waals surface area contributed by atoms with Gasteiger partial charge in [-0.2, -0.15) is 0 Å². The largest absolute Gasteiger partial charge is 0.385 e. The maximum atomic E-state index is 5.95. The molecule has 0 aromatic rings. The second-order valence-corrected chi connectivity index (χ2v) is 4.02. The molecule has 1 atom stereocenters. The maximum absolute atomic E-state index is 5.95. The normalized spacial score (nSPS) is 14.1. The first kappa shape index (κ1) is 12.9. The Morgan fingerprint density at radius 1 is 1.38 bits per heavy atom. The van der Waals surface area contributed by atoms with Gasteiger partial charge < -0.3 is 15.4 Å². The summed E-state index contributed by atoms with van der Waals surface area (Å²) in [4.78, 5) is 2.27. The zero-order chi connectivity index (χ0) is 10.3. The third kappa shape index (κ3) is 6.99. The Morgan fingerprint density at radius 3 is 2.46 bits per heavy atom. The van der Waals surface area contributed by atoms with Gasteiger partial charge in [-0.3, -0.25) is 0 Å². The second kappa shape index (κ2) is 7.30. The quantitative estimate of drug-likeness (QED) is 0.604. The molecule has 0 aromatic carbocycles. The smallest absolute Gasteiger partial charge is 0.0474 e. The van der Waals surface area contributed by atoms with Crippen molar-refractivity contribution in [2.45, 2.75) is 26.3 Å². The van der Waals surface area contributed by atoms with Crippen molar-refractivity contribution in [3.63, 3.8) is 0 Å². The predicted octanol–water partition coefficient (Wildman–Crippen LogP) is 0.938. The highest BCUT2D eigenvalue weighted by atomic mass is 16.5. The summed E-state index contributed by atoms with van der Waals surface area (Å²) in [5.74, 6) is 0.560. The van der Waals surface area contributed by atoms with Crippen LogP contribution in [0.25, 0.3) is 0 Å². The highest BCUT2D eigenvalue weighted by Crippen LogP contribution is 2.00. The molecular formula is C10H24N2O. The first-order chi connectivity index (χ1) is 6.07. The molecule has 0 spiro atoms. The van der Waals surface area contributed by atoms with Crippen molar-refractivity contribution < 1.29 is 4.74 Å². The standard InChI is InChI=1S/C10H24N2O/c1-9(2)10(11)8-12(3)6-5-7-13-4/h9-10H,5-8,11H2,1-4H3. The van der Waals surface area contributed by atoms with E-state index in [1.807, 2.05) is 0 Å². The van der Waals surface area contributed by atoms with E-state index in [0.29, 0.717) is 5.92 Å². The van der Waals surface area contributed by atoms with Gasteiger partial charge >= 0.3 is 0 Å². The summed E-state index contributed by atoms with van der Waals surface area (Å²) in [6, 6.07) is 0.285. The Balaban J connectivity index is 3.43. The van der Waals surface area contributed by atoms with Gasteiger partial charge in [0, 0.05) is 32.8 Å². The number of ether oxygens (including phenoxy) is 1. The zero-order valence-corrected chi connectivity index (χ0v) is 9.42. The molecule has 3 nitrogen and oxygen atoms in total. The molecule has 0 heterocycles. The van der Waals surface area contributed by atoms with Gasteiger partial charge in [0.15, 0.2) is 0 Å². The summed E-state index contributed by atoms with van der Waals surface area (Å²) in [5, 5.41) is 0. The van der Waals surface area contributed by atoms with E-state index >= 15 is 0 Å². The van der Waals surface area contributed by atoms with Crippen LogP contribution in [0.15, 0.2) is 0 Å². The lowest BCUT2D eigenvalue weighted by atomic mass is 10.1. The summed E-state index contributed by atoms with van der Waals surface area (Å²) >= 11 is 0. The molecule has 0 aliphatic heterocycles. The molecule has 0 aliphatic carbocycles. The number of likely N-dealkylation sites (N-methyl/N-ethyl adjacent to an activating group) is 1. The minimum absolute atomic E-state index is 0.285. The van der Waals surface area contributed by atoms with Gasteiger partial charge in [0.2, 0.25) is 0 Å². The average Bonchev–Trinajstić information content (AvgIpc) is 2.04. The van der Waals surface area contributed by atoms with E-state index in [-0.39, 0.29) is 6.04 Å². The Hall–Kier alpha value is -0.120. The van der Waals surface area contributed by atoms with Gasteiger partial charge in [0.1, 0.15) is 0 Å². The Bertz CT molecular complexity index is 117. The van der Waals surface area contributed by atoms with Crippen molar-refractivity contribution in [1.82, 2.24) is 4.90 Å². The van der Waals surface area contributed by atoms with Crippen LogP contribution in [-0.4, -0.2) is 44.8 Å². The summed E-state index contributed by atoms with van der Waals surface area (Å²) in [7, 11) is 3.84. The predicted molar refractivity (Wildman–Crippen MR) is 56.8 cm³/mol. The highest BCUT2D eigenvalue weighted by molar-refractivity contribution is 4.69. The molecular weight excluding hydrogens is 164 g/mol. The lowest BCUT2D eigenvalue weighted by Gasteiger charge is -2.23. The summed E-state index contributed by atoms with van der Waals surface area (Å²) < 4.78 is 4.99. The molecule has 1 unspecified atom stereocenters. The molecule has 13 heavy (non-hydrogen) atoms. The molecule has 80 valence electrons. The first-order valence-electron chi connectivity index (χ1n) is 5.01. The molecule has 0 aliphatic rings. The third-order valence-electron chi connectivity index (χ3n) is 2.27. The van der Waals surface area contributed by atoms with Gasteiger partial charge in [-0.15, -0.1) is 0 Å². The van der Waals surface area contributed by atoms with Crippen molar-refractivity contribution in [2.75, 3.05) is 33.9 Å². The Morgan fingerprint density at radius 2 is 2.00 bits per heavy atom. The molecule has 3 heteroatoms. The molecule has 0 rings (SSSR count). The Labute approximate surface area is 82.2 Å². The monoisotopic (exact) mass is 188 g/mol. The van der Waals surface area contributed by atoms with Crippen LogP contribution in [0.1, 0.15) is 20.3 Å². The van der Waals surface area contributed by atoms with Crippen molar-refractivity contribution in [3.05, 3.63) is 0 Å². The minimum atomic E-state index is 0.285. The molecule has 0 saturated carbocycles. The maximum Gasteiger partial charge on any atom is 0.0474 e. The third-order valence-corrected chi connectivity index (χ3v) is 2.27. The van der Waals surface area contributed by atoms with Gasteiger partial charge in [0.25, 0.3) is 0 Å². The van der Waals surface area contributed by atoms with Gasteiger partial charge in [0.05, 0.1) is 0 Å². The molecule has 0 amide bonds. The number of hydrogen-bond donors (Lipinski definition) is 1. The van der Waals surface area contributed by atoms with Gasteiger partial charge in [-0.05, 0) is 19.4 Å². The van der Waals surface area contributed by atoms with Gasteiger partial charge in [-0.25, -0.2) is 0 Å². The van der Waals surface area contributed by atoms with Crippen LogP contribution in [0.5, 0.6) is 0 Å². The van der Waals surface area contributed by atoms with Crippen LogP contribution in [-0.2, 0) is 4.74 Å². The van der Waals surface area contributed by atoms with E-state index in [1.165, 1.54) is 0 Å². The van der Waals surface area contributed by atoms with E-state index in [0.717, 1.165) is 26.1 Å². The van der Waals surface area contributed by atoms with E-state index in [9.17, 15) is 0 Å². The fourth-order valence-electron chi connectivity index (χ4n) is 1.14. The van der Waals surface area contributed by atoms with E-state index in [1.54, 1.807) is 7.11 Å². The van der Waals surface area contributed by atoms with Crippen LogP contribution in [0.3, 0.4) is 0 Å². The number of nitrogens with two attached hydrogens (primary N) is 1. The van der Waals surface area contributed by atoms with Crippen LogP contribution in [0.2, 0.25) is 0 Å². The minimum Gasteiger partial charge on any atom is -0.385 e. The van der Waals surface area contributed by atoms with Crippen molar-refractivity contribution in [3.8, 4) is 0 Å². The fraction of sp³-hybridized carbons (Fsp3) is 1.00. The topological polar surface area (TPSA) is 38.5 Å². The number of rotatable bonds is 7. The van der Waals surface area contributed by atoms with E-state index in [2.05, 4.69) is 25.8 Å². The van der Waals surface area contributed by atoms with E-state index < -0.39 is 0 Å². The SMILES string of the molecule is COCCCN(C)CC(N)C(C)C. The number of nitrogens with zero attached hydrogens (tertiary/aromatic N) is 1. The molecule has 0 radical (unpaired) electrons. The fourth-order valence-corrected chi connectivity index (χ4v) is 1.14. The van der Waals surface area contributed by atoms with Crippen LogP contribution < -0.4 is 5.73 Å². The summed E-state index contributed by atoms with van der Waals surface area (Å²) in [6.07, 6.45) is 1.08. The zero-order valence-electron chi connectivity index (χ0n) is 9.42. The lowest BCUT2D eigenvalue weighted by Crippen LogP contribution is -2.39. The van der Waals surface area contributed by atoms with Crippen LogP contribution in [0.4, 0.5) is 0 Å². The van der Waals surface area contributed by atoms with Crippen molar-refractivity contribution >= 4 is 0 Å². The highest BCUT2D eigenvalue weighted by Gasteiger charge is 2.09.